The quantitative estimate of drug-likeness (QED) is 0.593. The summed E-state index contributed by atoms with van der Waals surface area (Å²) in [5.41, 5.74) is 0. The van der Waals surface area contributed by atoms with E-state index >= 15 is 0 Å². The number of aliphatic carboxylic acids is 1. The largest absolute Gasteiger partial charge is 0.480 e. The molecule has 0 aliphatic rings. The van der Waals surface area contributed by atoms with E-state index in [1.807, 2.05) is 6.92 Å². The Balaban J connectivity index is 3.39. The Labute approximate surface area is 68.4 Å². The maximum absolute atomic E-state index is 10.7. The summed E-state index contributed by atoms with van der Waals surface area (Å²) in [5.74, 6) is -0.890. The van der Waals surface area contributed by atoms with Gasteiger partial charge < -0.3 is 10.4 Å². The van der Waals surface area contributed by atoms with E-state index in [0.29, 0.717) is 6.54 Å². The fraction of sp³-hybridized carbons (Fsp3) is 0.833. The molecular formula is C6H13NO3S. The van der Waals surface area contributed by atoms with Crippen molar-refractivity contribution >= 4 is 16.8 Å². The molecule has 0 aromatic heterocycles. The number of carboxylic acids is 1. The molecule has 4 nitrogen and oxygen atoms in total. The minimum absolute atomic E-state index is 0.00866. The van der Waals surface area contributed by atoms with E-state index in [4.69, 9.17) is 5.11 Å². The minimum atomic E-state index is -0.890. The molecule has 11 heavy (non-hydrogen) atoms. The van der Waals surface area contributed by atoms with E-state index in [9.17, 15) is 9.00 Å². The van der Waals surface area contributed by atoms with Crippen LogP contribution in [0.5, 0.6) is 0 Å². The van der Waals surface area contributed by atoms with E-state index in [1.54, 1.807) is 6.26 Å². The average molecular weight is 179 g/mol. The van der Waals surface area contributed by atoms with Gasteiger partial charge in [-0.1, -0.05) is 0 Å². The Morgan fingerprint density at radius 1 is 1.73 bits per heavy atom. The highest BCUT2D eigenvalue weighted by Gasteiger charge is 2.05. The third kappa shape index (κ3) is 6.00. The van der Waals surface area contributed by atoms with Gasteiger partial charge in [-0.2, -0.15) is 0 Å². The second-order valence-electron chi connectivity index (χ2n) is 2.33. The highest BCUT2D eigenvalue weighted by atomic mass is 32.2. The first-order valence-electron chi connectivity index (χ1n) is 3.28. The van der Waals surface area contributed by atoms with Gasteiger partial charge in [0.25, 0.3) is 0 Å². The monoisotopic (exact) mass is 179 g/mol. The normalized spacial score (nSPS) is 15.8. The van der Waals surface area contributed by atoms with Crippen LogP contribution in [-0.4, -0.2) is 39.9 Å². The number of rotatable bonds is 5. The van der Waals surface area contributed by atoms with Crippen LogP contribution in [-0.2, 0) is 15.6 Å². The molecule has 2 unspecified atom stereocenters. The molecule has 0 saturated heterocycles. The molecular weight excluding hydrogens is 166 g/mol. The molecule has 0 saturated carbocycles. The molecule has 0 amide bonds. The Bertz CT molecular complexity index is 160. The second-order valence-corrected chi connectivity index (χ2v) is 4.14. The van der Waals surface area contributed by atoms with Crippen molar-refractivity contribution in [3.8, 4) is 0 Å². The molecule has 0 aromatic rings. The SMILES string of the molecule is CC(CNCC(=O)O)S(C)=O. The Hall–Kier alpha value is -0.420. The third-order valence-corrected chi connectivity index (χ3v) is 2.57. The van der Waals surface area contributed by atoms with Crippen molar-refractivity contribution in [1.29, 1.82) is 0 Å². The zero-order chi connectivity index (χ0) is 8.85. The highest BCUT2D eigenvalue weighted by Crippen LogP contribution is 1.88. The van der Waals surface area contributed by atoms with Crippen molar-refractivity contribution < 1.29 is 14.1 Å². The van der Waals surface area contributed by atoms with Crippen LogP contribution in [0.1, 0.15) is 6.92 Å². The van der Waals surface area contributed by atoms with Gasteiger partial charge in [-0.25, -0.2) is 0 Å². The van der Waals surface area contributed by atoms with Crippen molar-refractivity contribution in [2.45, 2.75) is 12.2 Å². The van der Waals surface area contributed by atoms with Crippen LogP contribution in [0.4, 0.5) is 0 Å². The minimum Gasteiger partial charge on any atom is -0.480 e. The lowest BCUT2D eigenvalue weighted by molar-refractivity contribution is -0.135. The van der Waals surface area contributed by atoms with Crippen molar-refractivity contribution in [2.75, 3.05) is 19.3 Å². The summed E-state index contributed by atoms with van der Waals surface area (Å²) in [6.07, 6.45) is 1.60. The number of hydrogen-bond donors (Lipinski definition) is 2. The van der Waals surface area contributed by atoms with Crippen LogP contribution in [0.25, 0.3) is 0 Å². The Morgan fingerprint density at radius 2 is 2.27 bits per heavy atom. The van der Waals surface area contributed by atoms with Crippen molar-refractivity contribution in [3.63, 3.8) is 0 Å². The first-order chi connectivity index (χ1) is 5.04. The summed E-state index contributed by atoms with van der Waals surface area (Å²) in [5, 5.41) is 10.9. The summed E-state index contributed by atoms with van der Waals surface area (Å²) >= 11 is 0. The summed E-state index contributed by atoms with van der Waals surface area (Å²) in [7, 11) is -0.880. The Kier molecular flexibility index (Phi) is 5.06. The van der Waals surface area contributed by atoms with Gasteiger partial charge in [-0.3, -0.25) is 9.00 Å². The lowest BCUT2D eigenvalue weighted by atomic mass is 10.4. The van der Waals surface area contributed by atoms with Gasteiger partial charge in [0.1, 0.15) is 0 Å². The zero-order valence-corrected chi connectivity index (χ0v) is 7.48. The first kappa shape index (κ1) is 10.6. The number of hydrogen-bond acceptors (Lipinski definition) is 3. The Morgan fingerprint density at radius 3 is 2.64 bits per heavy atom. The summed E-state index contributed by atoms with van der Waals surface area (Å²) in [6, 6.07) is 0. The zero-order valence-electron chi connectivity index (χ0n) is 6.66. The molecule has 0 radical (unpaired) electrons. The van der Waals surface area contributed by atoms with Crippen LogP contribution >= 0.6 is 0 Å². The summed E-state index contributed by atoms with van der Waals surface area (Å²) < 4.78 is 10.7. The number of carbonyl (C=O) groups is 1. The molecule has 0 aromatic carbocycles. The molecule has 0 heterocycles. The highest BCUT2D eigenvalue weighted by molar-refractivity contribution is 7.84. The smallest absolute Gasteiger partial charge is 0.317 e. The maximum Gasteiger partial charge on any atom is 0.317 e. The molecule has 5 heteroatoms. The molecule has 0 rings (SSSR count). The van der Waals surface area contributed by atoms with Gasteiger partial charge in [0.15, 0.2) is 0 Å². The van der Waals surface area contributed by atoms with Crippen LogP contribution in [0.2, 0.25) is 0 Å². The van der Waals surface area contributed by atoms with Gasteiger partial charge >= 0.3 is 5.97 Å². The van der Waals surface area contributed by atoms with E-state index in [-0.39, 0.29) is 11.8 Å². The van der Waals surface area contributed by atoms with E-state index in [2.05, 4.69) is 5.32 Å². The van der Waals surface area contributed by atoms with Crippen LogP contribution < -0.4 is 5.32 Å². The van der Waals surface area contributed by atoms with Gasteiger partial charge in [0.2, 0.25) is 0 Å². The van der Waals surface area contributed by atoms with Gasteiger partial charge in [0.05, 0.1) is 6.54 Å². The van der Waals surface area contributed by atoms with E-state index in [1.165, 1.54) is 0 Å². The van der Waals surface area contributed by atoms with Crippen molar-refractivity contribution in [2.24, 2.45) is 0 Å². The van der Waals surface area contributed by atoms with Crippen molar-refractivity contribution in [3.05, 3.63) is 0 Å². The average Bonchev–Trinajstić information content (AvgIpc) is 1.86. The van der Waals surface area contributed by atoms with Crippen LogP contribution in [0, 0.1) is 0 Å². The fourth-order valence-corrected chi connectivity index (χ4v) is 0.852. The molecule has 0 fully saturated rings. The molecule has 2 N–H and O–H groups in total. The lowest BCUT2D eigenvalue weighted by Gasteiger charge is -2.07. The predicted molar refractivity (Wildman–Crippen MR) is 44.0 cm³/mol. The number of nitrogens with one attached hydrogen (secondary N) is 1. The summed E-state index contributed by atoms with van der Waals surface area (Å²) in [6.45, 7) is 2.22. The van der Waals surface area contributed by atoms with Gasteiger partial charge in [-0.05, 0) is 6.92 Å². The predicted octanol–water partition coefficient (Wildman–Crippen LogP) is -0.572. The standard InChI is InChI=1S/C6H13NO3S/c1-5(11(2)10)3-7-4-6(8)9/h5,7H,3-4H2,1-2H3,(H,8,9). The number of carboxylic acid groups (broad SMARTS) is 1. The fourth-order valence-electron chi connectivity index (χ4n) is 0.500. The van der Waals surface area contributed by atoms with E-state index in [0.717, 1.165) is 0 Å². The topological polar surface area (TPSA) is 66.4 Å². The second kappa shape index (κ2) is 5.26. The molecule has 0 aliphatic carbocycles. The molecule has 0 spiro atoms. The first-order valence-corrected chi connectivity index (χ1v) is 4.91. The lowest BCUT2D eigenvalue weighted by Crippen LogP contribution is -2.31. The van der Waals surface area contributed by atoms with Gasteiger partial charge in [0, 0.05) is 28.9 Å². The summed E-state index contributed by atoms with van der Waals surface area (Å²) in [4.78, 5) is 10.0. The molecule has 66 valence electrons. The molecule has 2 atom stereocenters. The van der Waals surface area contributed by atoms with Crippen molar-refractivity contribution in [1.82, 2.24) is 5.32 Å². The third-order valence-electron chi connectivity index (χ3n) is 1.27. The van der Waals surface area contributed by atoms with Crippen LogP contribution in [0.15, 0.2) is 0 Å². The maximum atomic E-state index is 10.7. The van der Waals surface area contributed by atoms with Gasteiger partial charge in [-0.15, -0.1) is 0 Å². The van der Waals surface area contributed by atoms with E-state index < -0.39 is 16.8 Å². The van der Waals surface area contributed by atoms with Crippen LogP contribution in [0.3, 0.4) is 0 Å². The molecule has 0 aliphatic heterocycles. The molecule has 0 bridgehead atoms.